The van der Waals surface area contributed by atoms with Crippen molar-refractivity contribution in [3.8, 4) is 22.3 Å². The number of hydrogen-bond acceptors (Lipinski definition) is 4. The van der Waals surface area contributed by atoms with Gasteiger partial charge in [-0.1, -0.05) is 174 Å². The Kier molecular flexibility index (Phi) is 10.5. The van der Waals surface area contributed by atoms with Gasteiger partial charge in [-0.05, 0) is 177 Å². The molecule has 2 atom stereocenters. The molecule has 14 rings (SSSR count). The second kappa shape index (κ2) is 16.5. The molecule has 1 fully saturated rings. The van der Waals surface area contributed by atoms with E-state index in [-0.39, 0.29) is 39.5 Å². The molecule has 5 aliphatic rings. The highest BCUT2D eigenvalue weighted by Gasteiger charge is 2.63. The number of anilines is 7. The Hall–Kier alpha value is -6.56. The van der Waals surface area contributed by atoms with Crippen LogP contribution in [-0.2, 0) is 27.1 Å². The first-order chi connectivity index (χ1) is 36.7. The van der Waals surface area contributed by atoms with Crippen molar-refractivity contribution in [1.29, 1.82) is 0 Å². The lowest BCUT2D eigenvalue weighted by molar-refractivity contribution is 0.199. The molecule has 0 N–H and O–H groups in total. The van der Waals surface area contributed by atoms with Crippen molar-refractivity contribution in [2.45, 2.75) is 154 Å². The van der Waals surface area contributed by atoms with Crippen LogP contribution in [0.3, 0.4) is 0 Å². The first-order valence-corrected chi connectivity index (χ1v) is 29.6. The molecule has 386 valence electrons. The van der Waals surface area contributed by atoms with Gasteiger partial charge in [0.2, 0.25) is 0 Å². The summed E-state index contributed by atoms with van der Waals surface area (Å²) in [4.78, 5) is 8.34. The van der Waals surface area contributed by atoms with E-state index in [0.29, 0.717) is 0 Å². The zero-order valence-electron chi connectivity index (χ0n) is 47.6. The highest BCUT2D eigenvalue weighted by Crippen LogP contribution is 2.65. The molecule has 2 unspecified atom stereocenters. The predicted octanol–water partition coefficient (Wildman–Crippen LogP) is 19.1. The van der Waals surface area contributed by atoms with Crippen LogP contribution >= 0.6 is 11.3 Å². The number of fused-ring (bicyclic) bond motifs is 12. The lowest BCUT2D eigenvalue weighted by Crippen LogP contribution is -2.70. The molecular weight excluding hydrogens is 950 g/mol. The molecule has 0 amide bonds. The SMILES string of the molecule is CC(C)(C)c1ccc(N2c3cc(N(c4ccccc4)c4ccccc4)cc4c3B(c3ccc5sc6cc7c(cc6c5c32)C(C)(C)CCC7(C)C)N2c3c-4cc(C(C)(C)C)cc3C3(C)CCCCC23C)c(-c2ccccc2)c1. The van der Waals surface area contributed by atoms with Crippen LogP contribution in [-0.4, -0.2) is 12.4 Å². The summed E-state index contributed by atoms with van der Waals surface area (Å²) in [6, 6.07) is 61.7. The summed E-state index contributed by atoms with van der Waals surface area (Å²) in [5.74, 6) is 0. The maximum Gasteiger partial charge on any atom is 0.328 e. The van der Waals surface area contributed by atoms with Crippen molar-refractivity contribution in [2.75, 3.05) is 14.6 Å². The van der Waals surface area contributed by atoms with Crippen molar-refractivity contribution in [3.05, 3.63) is 186 Å². The van der Waals surface area contributed by atoms with Crippen molar-refractivity contribution in [3.63, 3.8) is 0 Å². The van der Waals surface area contributed by atoms with Crippen LogP contribution in [0.4, 0.5) is 39.8 Å². The van der Waals surface area contributed by atoms with Crippen LogP contribution in [0, 0.1) is 0 Å². The molecular formula is C72H74BN3S. The quantitative estimate of drug-likeness (QED) is 0.159. The summed E-state index contributed by atoms with van der Waals surface area (Å²) in [6.07, 6.45) is 7.19. The van der Waals surface area contributed by atoms with E-state index in [1.165, 1.54) is 130 Å². The van der Waals surface area contributed by atoms with Crippen LogP contribution in [0.15, 0.2) is 158 Å². The molecule has 0 saturated heterocycles. The van der Waals surface area contributed by atoms with Gasteiger partial charge in [-0.15, -0.1) is 11.3 Å². The molecule has 4 heterocycles. The van der Waals surface area contributed by atoms with Gasteiger partial charge in [0, 0.05) is 70.7 Å². The van der Waals surface area contributed by atoms with Gasteiger partial charge >= 0.3 is 6.85 Å². The highest BCUT2D eigenvalue weighted by atomic mass is 32.1. The third kappa shape index (κ3) is 7.00. The van der Waals surface area contributed by atoms with E-state index in [1.54, 1.807) is 5.56 Å². The summed E-state index contributed by atoms with van der Waals surface area (Å²) in [5.41, 5.74) is 24.0. The Morgan fingerprint density at radius 3 is 1.75 bits per heavy atom. The van der Waals surface area contributed by atoms with Crippen LogP contribution < -0.4 is 25.5 Å². The Labute approximate surface area is 463 Å². The average Bonchev–Trinajstić information content (AvgIpc) is 4.06. The number of rotatable bonds is 5. The molecule has 0 bridgehead atoms. The first kappa shape index (κ1) is 48.8. The summed E-state index contributed by atoms with van der Waals surface area (Å²) in [6.45, 7) is 29.6. The monoisotopic (exact) mass is 1020 g/mol. The fourth-order valence-electron chi connectivity index (χ4n) is 15.2. The van der Waals surface area contributed by atoms with E-state index >= 15 is 0 Å². The molecule has 0 spiro atoms. The smallest absolute Gasteiger partial charge is 0.328 e. The minimum Gasteiger partial charge on any atom is -0.400 e. The molecule has 3 aliphatic heterocycles. The third-order valence-electron chi connectivity index (χ3n) is 19.9. The number of thiophene rings is 1. The molecule has 9 aromatic rings. The number of benzene rings is 8. The Morgan fingerprint density at radius 1 is 0.494 bits per heavy atom. The molecule has 1 saturated carbocycles. The first-order valence-electron chi connectivity index (χ1n) is 28.8. The van der Waals surface area contributed by atoms with Crippen LogP contribution in [0.1, 0.15) is 149 Å². The standard InChI is InChI=1S/C72H74BN3S/c1-67(2,3)46-30-32-59(51(38-46)45-24-16-13-17-25-45)75-60-42-50(74(48-26-18-14-19-27-48)49-28-20-15-21-29-49)41-52-53-39-47(68(4,5)6)40-57-65(53)76(72(12)35-23-22-34-71(57,72)11)73(64(52)60)58-31-33-61-63(66(58)75)54-43-55-56(44-62(54)77-61)70(9,10)37-36-69(55,7)8/h13-21,24-33,38-44H,22-23,34-37H2,1-12H3. The van der Waals surface area contributed by atoms with E-state index in [0.717, 1.165) is 23.5 Å². The summed E-state index contributed by atoms with van der Waals surface area (Å²) < 4.78 is 2.74. The third-order valence-corrected chi connectivity index (χ3v) is 21.1. The van der Waals surface area contributed by atoms with Crippen molar-refractivity contribution in [1.82, 2.24) is 0 Å². The molecule has 0 radical (unpaired) electrons. The lowest BCUT2D eigenvalue weighted by Gasteiger charge is -2.55. The van der Waals surface area contributed by atoms with Crippen molar-refractivity contribution < 1.29 is 0 Å². The zero-order valence-corrected chi connectivity index (χ0v) is 48.4. The Balaban J connectivity index is 1.19. The van der Waals surface area contributed by atoms with Gasteiger partial charge in [-0.25, -0.2) is 0 Å². The second-order valence-corrected chi connectivity index (χ2v) is 28.6. The van der Waals surface area contributed by atoms with Gasteiger partial charge in [0.1, 0.15) is 0 Å². The number of hydrogen-bond donors (Lipinski definition) is 0. The second-order valence-electron chi connectivity index (χ2n) is 27.5. The van der Waals surface area contributed by atoms with E-state index in [9.17, 15) is 0 Å². The van der Waals surface area contributed by atoms with Gasteiger partial charge in [0.25, 0.3) is 0 Å². The minimum absolute atomic E-state index is 0.0276. The number of para-hydroxylation sites is 2. The van der Waals surface area contributed by atoms with E-state index in [4.69, 9.17) is 0 Å². The van der Waals surface area contributed by atoms with E-state index < -0.39 is 0 Å². The van der Waals surface area contributed by atoms with Gasteiger partial charge in [-0.3, -0.25) is 0 Å². The zero-order chi connectivity index (χ0) is 53.3. The fraction of sp³-hybridized carbons (Fsp3) is 0.333. The summed E-state index contributed by atoms with van der Waals surface area (Å²) in [5, 5.41) is 2.77. The van der Waals surface area contributed by atoms with Crippen LogP contribution in [0.2, 0.25) is 0 Å². The Morgan fingerprint density at radius 2 is 1.10 bits per heavy atom. The fourth-order valence-corrected chi connectivity index (χ4v) is 16.3. The van der Waals surface area contributed by atoms with Crippen LogP contribution in [0.25, 0.3) is 42.4 Å². The molecule has 5 heteroatoms. The largest absolute Gasteiger partial charge is 0.400 e. The van der Waals surface area contributed by atoms with Gasteiger partial charge < -0.3 is 14.6 Å². The van der Waals surface area contributed by atoms with Crippen LogP contribution in [0.5, 0.6) is 0 Å². The predicted molar refractivity (Wildman–Crippen MR) is 334 cm³/mol. The Bertz CT molecular complexity index is 3850. The van der Waals surface area contributed by atoms with Gasteiger partial charge in [0.05, 0.1) is 11.4 Å². The molecule has 3 nitrogen and oxygen atoms in total. The summed E-state index contributed by atoms with van der Waals surface area (Å²) >= 11 is 2.00. The molecule has 2 aliphatic carbocycles. The summed E-state index contributed by atoms with van der Waals surface area (Å²) in [7, 11) is 0. The average molecular weight is 1020 g/mol. The van der Waals surface area contributed by atoms with Gasteiger partial charge in [0.15, 0.2) is 0 Å². The number of nitrogens with zero attached hydrogens (tertiary/aromatic N) is 3. The minimum atomic E-state index is -0.124. The maximum absolute atomic E-state index is 3.03. The van der Waals surface area contributed by atoms with Gasteiger partial charge in [-0.2, -0.15) is 0 Å². The topological polar surface area (TPSA) is 9.72 Å². The highest BCUT2D eigenvalue weighted by molar-refractivity contribution is 7.26. The van der Waals surface area contributed by atoms with E-state index in [1.807, 2.05) is 11.3 Å². The molecule has 8 aromatic carbocycles. The molecule has 77 heavy (non-hydrogen) atoms. The lowest BCUT2D eigenvalue weighted by atomic mass is 9.42. The maximum atomic E-state index is 3.03. The molecule has 1 aromatic heterocycles. The normalized spacial score (nSPS) is 20.6. The van der Waals surface area contributed by atoms with E-state index in [2.05, 4.69) is 255 Å². The van der Waals surface area contributed by atoms with Crippen molar-refractivity contribution in [2.24, 2.45) is 0 Å². The van der Waals surface area contributed by atoms with Crippen molar-refractivity contribution >= 4 is 89.1 Å².